The van der Waals surface area contributed by atoms with Crippen molar-refractivity contribution in [2.75, 3.05) is 46.4 Å². The van der Waals surface area contributed by atoms with Crippen LogP contribution in [0, 0.1) is 0 Å². The van der Waals surface area contributed by atoms with Gasteiger partial charge in [0, 0.05) is 42.7 Å². The van der Waals surface area contributed by atoms with Gasteiger partial charge in [0.25, 0.3) is 15.9 Å². The van der Waals surface area contributed by atoms with Crippen LogP contribution >= 0.6 is 11.3 Å². The topological polar surface area (TPSA) is 91.0 Å². The molecule has 1 unspecified atom stereocenters. The molecule has 1 aromatic carbocycles. The maximum absolute atomic E-state index is 13.3. The third kappa shape index (κ3) is 7.29. The molecule has 2 aliphatic rings. The van der Waals surface area contributed by atoms with E-state index >= 15 is 0 Å². The van der Waals surface area contributed by atoms with Gasteiger partial charge in [-0.1, -0.05) is 12.5 Å². The van der Waals surface area contributed by atoms with Crippen LogP contribution in [0.3, 0.4) is 0 Å². The Bertz CT molecular complexity index is 1100. The van der Waals surface area contributed by atoms with Crippen LogP contribution in [0.4, 0.5) is 0 Å². The highest BCUT2D eigenvalue weighted by molar-refractivity contribution is 7.91. The molecule has 2 aliphatic heterocycles. The van der Waals surface area contributed by atoms with Crippen LogP contribution in [-0.4, -0.2) is 76.0 Å². The summed E-state index contributed by atoms with van der Waals surface area (Å²) in [6, 6.07) is 10.7. The van der Waals surface area contributed by atoms with Crippen LogP contribution < -0.4 is 15.4 Å². The molecule has 2 aromatic rings. The Morgan fingerprint density at radius 1 is 1.06 bits per heavy atom. The first kappa shape index (κ1) is 27.1. The van der Waals surface area contributed by atoms with Gasteiger partial charge in [-0.05, 0) is 75.5 Å². The van der Waals surface area contributed by atoms with E-state index in [1.807, 2.05) is 0 Å². The Balaban J connectivity index is 1.26. The number of carbonyl (C=O) groups is 1. The Kier molecular flexibility index (Phi) is 9.78. The van der Waals surface area contributed by atoms with Crippen LogP contribution in [-0.2, 0) is 16.6 Å². The van der Waals surface area contributed by atoms with E-state index in [0.29, 0.717) is 34.7 Å². The summed E-state index contributed by atoms with van der Waals surface area (Å²) in [4.78, 5) is 15.8. The third-order valence-corrected chi connectivity index (χ3v) is 10.4. The van der Waals surface area contributed by atoms with E-state index in [1.165, 1.54) is 43.7 Å². The standard InChI is InChI=1S/C26H38N4O4S2/c1-34-23-9-5-7-21(19-23)26(31)28-20-24-10-11-25(35-24)36(32,33)30-16-6-8-22(12-17-30)27-13-18-29-14-3-2-4-15-29/h5,7,9-11,19,22,27H,2-4,6,8,12-18,20H2,1H3,(H,28,31). The van der Waals surface area contributed by atoms with Crippen molar-refractivity contribution in [2.24, 2.45) is 0 Å². The molecule has 0 spiro atoms. The van der Waals surface area contributed by atoms with Crippen molar-refractivity contribution in [2.45, 2.75) is 55.3 Å². The fourth-order valence-electron chi connectivity index (χ4n) is 4.88. The summed E-state index contributed by atoms with van der Waals surface area (Å²) in [5.41, 5.74) is 0.502. The summed E-state index contributed by atoms with van der Waals surface area (Å²) in [6.07, 6.45) is 6.63. The fraction of sp³-hybridized carbons (Fsp3) is 0.577. The molecule has 2 fully saturated rings. The number of sulfonamides is 1. The first-order chi connectivity index (χ1) is 17.5. The van der Waals surface area contributed by atoms with Crippen molar-refractivity contribution in [1.82, 2.24) is 19.8 Å². The Morgan fingerprint density at radius 2 is 1.89 bits per heavy atom. The Labute approximate surface area is 219 Å². The summed E-state index contributed by atoms with van der Waals surface area (Å²) < 4.78 is 33.8. The number of nitrogens with one attached hydrogen (secondary N) is 2. The number of piperidine rings is 1. The van der Waals surface area contributed by atoms with E-state index in [2.05, 4.69) is 15.5 Å². The van der Waals surface area contributed by atoms with Crippen molar-refractivity contribution >= 4 is 27.3 Å². The lowest BCUT2D eigenvalue weighted by atomic mass is 10.1. The fourth-order valence-corrected chi connectivity index (χ4v) is 7.82. The van der Waals surface area contributed by atoms with Crippen molar-refractivity contribution in [3.8, 4) is 5.75 Å². The lowest BCUT2D eigenvalue weighted by Crippen LogP contribution is -2.39. The van der Waals surface area contributed by atoms with Gasteiger partial charge in [-0.2, -0.15) is 4.31 Å². The molecule has 0 aliphatic carbocycles. The van der Waals surface area contributed by atoms with E-state index in [0.717, 1.165) is 37.2 Å². The van der Waals surface area contributed by atoms with Crippen molar-refractivity contribution in [3.05, 3.63) is 46.8 Å². The maximum atomic E-state index is 13.3. The second kappa shape index (κ2) is 13.0. The third-order valence-electron chi connectivity index (χ3n) is 6.98. The quantitative estimate of drug-likeness (QED) is 0.486. The molecule has 1 amide bonds. The molecule has 2 N–H and O–H groups in total. The van der Waals surface area contributed by atoms with E-state index in [1.54, 1.807) is 47.8 Å². The van der Waals surface area contributed by atoms with Crippen LogP contribution in [0.5, 0.6) is 5.75 Å². The number of benzene rings is 1. The van der Waals surface area contributed by atoms with Gasteiger partial charge in [-0.15, -0.1) is 11.3 Å². The minimum Gasteiger partial charge on any atom is -0.497 e. The van der Waals surface area contributed by atoms with Gasteiger partial charge in [0.1, 0.15) is 9.96 Å². The molecule has 0 bridgehead atoms. The number of rotatable bonds is 10. The molecule has 1 aromatic heterocycles. The van der Waals surface area contributed by atoms with Gasteiger partial charge in [-0.3, -0.25) is 4.79 Å². The number of ether oxygens (including phenoxy) is 1. The first-order valence-electron chi connectivity index (χ1n) is 12.9. The largest absolute Gasteiger partial charge is 0.497 e. The highest BCUT2D eigenvalue weighted by atomic mass is 32.2. The molecule has 8 nitrogen and oxygen atoms in total. The average Bonchev–Trinajstić information content (AvgIpc) is 3.26. The molecule has 10 heteroatoms. The highest BCUT2D eigenvalue weighted by Gasteiger charge is 2.29. The van der Waals surface area contributed by atoms with Gasteiger partial charge >= 0.3 is 0 Å². The van der Waals surface area contributed by atoms with Crippen molar-refractivity contribution in [1.29, 1.82) is 0 Å². The number of likely N-dealkylation sites (tertiary alicyclic amines) is 1. The summed E-state index contributed by atoms with van der Waals surface area (Å²) in [5, 5.41) is 6.53. The molecule has 2 saturated heterocycles. The molecule has 4 rings (SSSR count). The SMILES string of the molecule is COc1cccc(C(=O)NCc2ccc(S(=O)(=O)N3CCCC(NCCN4CCCCC4)CC3)s2)c1. The zero-order chi connectivity index (χ0) is 25.4. The predicted octanol–water partition coefficient (Wildman–Crippen LogP) is 3.31. The zero-order valence-corrected chi connectivity index (χ0v) is 22.7. The molecular formula is C26H38N4O4S2. The lowest BCUT2D eigenvalue weighted by Gasteiger charge is -2.27. The summed E-state index contributed by atoms with van der Waals surface area (Å²) in [5.74, 6) is 0.391. The summed E-state index contributed by atoms with van der Waals surface area (Å²) in [6.45, 7) is 5.80. The molecule has 198 valence electrons. The summed E-state index contributed by atoms with van der Waals surface area (Å²) in [7, 11) is -1.98. The van der Waals surface area contributed by atoms with Crippen LogP contribution in [0.15, 0.2) is 40.6 Å². The average molecular weight is 535 g/mol. The maximum Gasteiger partial charge on any atom is 0.252 e. The Hall–Kier alpha value is -1.98. The molecular weight excluding hydrogens is 496 g/mol. The van der Waals surface area contributed by atoms with Gasteiger partial charge in [0.05, 0.1) is 13.7 Å². The van der Waals surface area contributed by atoms with Crippen LogP contribution in [0.1, 0.15) is 53.8 Å². The monoisotopic (exact) mass is 534 g/mol. The van der Waals surface area contributed by atoms with E-state index in [9.17, 15) is 13.2 Å². The molecule has 3 heterocycles. The first-order valence-corrected chi connectivity index (χ1v) is 15.2. The number of hydrogen-bond donors (Lipinski definition) is 2. The number of methoxy groups -OCH3 is 1. The van der Waals surface area contributed by atoms with Gasteiger partial charge in [0.2, 0.25) is 0 Å². The van der Waals surface area contributed by atoms with Crippen LogP contribution in [0.2, 0.25) is 0 Å². The van der Waals surface area contributed by atoms with Crippen LogP contribution in [0.25, 0.3) is 0 Å². The molecule has 36 heavy (non-hydrogen) atoms. The van der Waals surface area contributed by atoms with Gasteiger partial charge < -0.3 is 20.3 Å². The number of nitrogens with zero attached hydrogens (tertiary/aromatic N) is 2. The lowest BCUT2D eigenvalue weighted by molar-refractivity contribution is 0.0951. The second-order valence-corrected chi connectivity index (χ2v) is 12.9. The number of thiophene rings is 1. The smallest absolute Gasteiger partial charge is 0.252 e. The second-order valence-electron chi connectivity index (χ2n) is 9.52. The normalized spacial score (nSPS) is 20.1. The zero-order valence-electron chi connectivity index (χ0n) is 21.1. The highest BCUT2D eigenvalue weighted by Crippen LogP contribution is 2.27. The minimum absolute atomic E-state index is 0.224. The van der Waals surface area contributed by atoms with E-state index in [-0.39, 0.29) is 12.5 Å². The van der Waals surface area contributed by atoms with Crippen molar-refractivity contribution < 1.29 is 17.9 Å². The number of carbonyl (C=O) groups excluding carboxylic acids is 1. The van der Waals surface area contributed by atoms with Gasteiger partial charge in [-0.25, -0.2) is 8.42 Å². The molecule has 1 atom stereocenters. The Morgan fingerprint density at radius 3 is 2.69 bits per heavy atom. The van der Waals surface area contributed by atoms with Gasteiger partial charge in [0.15, 0.2) is 0 Å². The molecule has 0 radical (unpaired) electrons. The number of amides is 1. The number of hydrogen-bond acceptors (Lipinski definition) is 7. The predicted molar refractivity (Wildman–Crippen MR) is 143 cm³/mol. The van der Waals surface area contributed by atoms with E-state index < -0.39 is 10.0 Å². The van der Waals surface area contributed by atoms with E-state index in [4.69, 9.17) is 4.74 Å². The summed E-state index contributed by atoms with van der Waals surface area (Å²) >= 11 is 1.23. The molecule has 0 saturated carbocycles. The minimum atomic E-state index is -3.54. The van der Waals surface area contributed by atoms with Crippen molar-refractivity contribution in [3.63, 3.8) is 0 Å².